The molecule has 0 aliphatic rings. The van der Waals surface area contributed by atoms with E-state index >= 15 is 0 Å². The molecule has 0 fully saturated rings. The van der Waals surface area contributed by atoms with Crippen LogP contribution >= 0.6 is 11.6 Å². The van der Waals surface area contributed by atoms with Crippen LogP contribution in [-0.4, -0.2) is 15.8 Å². The predicted octanol–water partition coefficient (Wildman–Crippen LogP) is 3.36. The third kappa shape index (κ3) is 2.14. The Morgan fingerprint density at radius 2 is 2.06 bits per heavy atom. The highest BCUT2D eigenvalue weighted by molar-refractivity contribution is 6.17. The van der Waals surface area contributed by atoms with Gasteiger partial charge < -0.3 is 4.98 Å². The minimum atomic E-state index is -4.33. The zero-order valence-electron chi connectivity index (χ0n) is 8.11. The van der Waals surface area contributed by atoms with Gasteiger partial charge in [0, 0.05) is 12.3 Å². The summed E-state index contributed by atoms with van der Waals surface area (Å²) in [4.78, 5) is 6.93. The summed E-state index contributed by atoms with van der Waals surface area (Å²) in [7, 11) is 0. The largest absolute Gasteiger partial charge is 0.416 e. The Morgan fingerprint density at radius 1 is 1.31 bits per heavy atom. The van der Waals surface area contributed by atoms with Crippen molar-refractivity contribution < 1.29 is 13.2 Å². The second kappa shape index (κ2) is 3.97. The summed E-state index contributed by atoms with van der Waals surface area (Å²) < 4.78 is 37.2. The molecule has 0 amide bonds. The molecule has 2 rings (SSSR count). The van der Waals surface area contributed by atoms with E-state index in [0.717, 1.165) is 12.1 Å². The van der Waals surface area contributed by atoms with Crippen molar-refractivity contribution in [2.24, 2.45) is 0 Å². The van der Waals surface area contributed by atoms with Crippen LogP contribution in [-0.2, 0) is 12.6 Å². The lowest BCUT2D eigenvalue weighted by Gasteiger charge is -2.05. The normalized spacial score (nSPS) is 12.2. The number of aromatic nitrogens is 2. The van der Waals surface area contributed by atoms with Crippen molar-refractivity contribution in [1.29, 1.82) is 0 Å². The number of halogens is 4. The Bertz CT molecular complexity index is 504. The molecule has 0 unspecified atom stereocenters. The van der Waals surface area contributed by atoms with E-state index in [0.29, 0.717) is 29.2 Å². The Kier molecular flexibility index (Phi) is 2.80. The highest BCUT2D eigenvalue weighted by Gasteiger charge is 2.30. The zero-order chi connectivity index (χ0) is 11.8. The summed E-state index contributed by atoms with van der Waals surface area (Å²) in [6, 6.07) is 3.43. The van der Waals surface area contributed by atoms with Gasteiger partial charge in [0.1, 0.15) is 5.82 Å². The molecule has 0 saturated carbocycles. The zero-order valence-corrected chi connectivity index (χ0v) is 8.86. The van der Waals surface area contributed by atoms with Gasteiger partial charge in [0.25, 0.3) is 0 Å². The number of aryl methyl sites for hydroxylation is 1. The van der Waals surface area contributed by atoms with Crippen LogP contribution < -0.4 is 0 Å². The van der Waals surface area contributed by atoms with E-state index in [-0.39, 0.29) is 0 Å². The highest BCUT2D eigenvalue weighted by Crippen LogP contribution is 2.30. The molecule has 0 aliphatic carbocycles. The number of hydrogen-bond donors (Lipinski definition) is 1. The number of benzene rings is 1. The average Bonchev–Trinajstić information content (AvgIpc) is 2.57. The molecule has 0 aliphatic heterocycles. The molecular weight excluding hydrogens is 241 g/mol. The first-order chi connectivity index (χ1) is 7.50. The van der Waals surface area contributed by atoms with Crippen LogP contribution in [0.25, 0.3) is 11.0 Å². The van der Waals surface area contributed by atoms with Crippen molar-refractivity contribution >= 4 is 22.6 Å². The predicted molar refractivity (Wildman–Crippen MR) is 55.5 cm³/mol. The van der Waals surface area contributed by atoms with Crippen LogP contribution in [0.3, 0.4) is 0 Å². The van der Waals surface area contributed by atoms with E-state index in [1.54, 1.807) is 0 Å². The summed E-state index contributed by atoms with van der Waals surface area (Å²) in [5.41, 5.74) is 0.226. The number of fused-ring (bicyclic) bond motifs is 1. The molecule has 2 aromatic rings. The van der Waals surface area contributed by atoms with E-state index in [2.05, 4.69) is 9.97 Å². The van der Waals surface area contributed by atoms with Crippen molar-refractivity contribution in [2.75, 3.05) is 5.88 Å². The molecule has 1 aromatic heterocycles. The van der Waals surface area contributed by atoms with Gasteiger partial charge in [0.05, 0.1) is 16.6 Å². The standard InChI is InChI=1S/C10H8ClF3N2/c11-4-3-9-15-7-2-1-6(10(12,13)14)5-8(7)16-9/h1-2,5H,3-4H2,(H,15,16). The van der Waals surface area contributed by atoms with Gasteiger partial charge in [-0.2, -0.15) is 13.2 Å². The molecular formula is C10H8ClF3N2. The molecule has 0 spiro atoms. The Hall–Kier alpha value is -1.23. The van der Waals surface area contributed by atoms with E-state index in [1.165, 1.54) is 6.07 Å². The third-order valence-electron chi connectivity index (χ3n) is 2.19. The lowest BCUT2D eigenvalue weighted by Crippen LogP contribution is -2.04. The fourth-order valence-corrected chi connectivity index (χ4v) is 1.63. The van der Waals surface area contributed by atoms with E-state index in [9.17, 15) is 13.2 Å². The average molecular weight is 249 g/mol. The quantitative estimate of drug-likeness (QED) is 0.811. The molecule has 1 aromatic carbocycles. The van der Waals surface area contributed by atoms with Crippen molar-refractivity contribution in [2.45, 2.75) is 12.6 Å². The SMILES string of the molecule is FC(F)(F)c1ccc2nc(CCCl)[nH]c2c1. The Balaban J connectivity index is 2.46. The van der Waals surface area contributed by atoms with Crippen LogP contribution in [0.5, 0.6) is 0 Å². The molecule has 0 bridgehead atoms. The molecule has 1 heterocycles. The molecule has 6 heteroatoms. The maximum absolute atomic E-state index is 12.4. The number of nitrogens with zero attached hydrogens (tertiary/aromatic N) is 1. The fourth-order valence-electron chi connectivity index (χ4n) is 1.45. The summed E-state index contributed by atoms with van der Waals surface area (Å²) >= 11 is 5.53. The number of H-pyrrole nitrogens is 1. The number of nitrogens with one attached hydrogen (secondary N) is 1. The smallest absolute Gasteiger partial charge is 0.342 e. The summed E-state index contributed by atoms with van der Waals surface area (Å²) in [5.74, 6) is 0.982. The maximum atomic E-state index is 12.4. The molecule has 86 valence electrons. The number of imidazole rings is 1. The van der Waals surface area contributed by atoms with E-state index in [4.69, 9.17) is 11.6 Å². The van der Waals surface area contributed by atoms with Gasteiger partial charge in [-0.05, 0) is 18.2 Å². The molecule has 0 saturated heterocycles. The lowest BCUT2D eigenvalue weighted by molar-refractivity contribution is -0.137. The summed E-state index contributed by atoms with van der Waals surface area (Å²) in [6.07, 6.45) is -3.82. The first-order valence-corrected chi connectivity index (χ1v) is 5.16. The van der Waals surface area contributed by atoms with Gasteiger partial charge in [-0.25, -0.2) is 4.98 Å². The molecule has 2 nitrogen and oxygen atoms in total. The second-order valence-corrected chi connectivity index (χ2v) is 3.73. The van der Waals surface area contributed by atoms with Gasteiger partial charge >= 0.3 is 6.18 Å². The number of aromatic amines is 1. The molecule has 0 atom stereocenters. The fraction of sp³-hybridized carbons (Fsp3) is 0.300. The number of rotatable bonds is 2. The van der Waals surface area contributed by atoms with Gasteiger partial charge in [-0.1, -0.05) is 0 Å². The van der Waals surface area contributed by atoms with Crippen molar-refractivity contribution in [3.63, 3.8) is 0 Å². The lowest BCUT2D eigenvalue weighted by atomic mass is 10.2. The van der Waals surface area contributed by atoms with E-state index < -0.39 is 11.7 Å². The van der Waals surface area contributed by atoms with Gasteiger partial charge in [0.15, 0.2) is 0 Å². The van der Waals surface area contributed by atoms with Gasteiger partial charge in [-0.15, -0.1) is 11.6 Å². The van der Waals surface area contributed by atoms with Gasteiger partial charge in [-0.3, -0.25) is 0 Å². The van der Waals surface area contributed by atoms with Crippen LogP contribution in [0.4, 0.5) is 13.2 Å². The summed E-state index contributed by atoms with van der Waals surface area (Å²) in [6.45, 7) is 0. The third-order valence-corrected chi connectivity index (χ3v) is 2.38. The topological polar surface area (TPSA) is 28.7 Å². The number of alkyl halides is 4. The van der Waals surface area contributed by atoms with Crippen molar-refractivity contribution in [1.82, 2.24) is 9.97 Å². The minimum Gasteiger partial charge on any atom is -0.342 e. The summed E-state index contributed by atoms with van der Waals surface area (Å²) in [5, 5.41) is 0. The highest BCUT2D eigenvalue weighted by atomic mass is 35.5. The molecule has 16 heavy (non-hydrogen) atoms. The Labute approximate surface area is 94.4 Å². The van der Waals surface area contributed by atoms with Crippen LogP contribution in [0.1, 0.15) is 11.4 Å². The molecule has 1 N–H and O–H groups in total. The van der Waals surface area contributed by atoms with Gasteiger partial charge in [0.2, 0.25) is 0 Å². The molecule has 0 radical (unpaired) electrons. The maximum Gasteiger partial charge on any atom is 0.416 e. The monoisotopic (exact) mass is 248 g/mol. The first kappa shape index (κ1) is 11.3. The van der Waals surface area contributed by atoms with Crippen molar-refractivity contribution in [3.05, 3.63) is 29.6 Å². The van der Waals surface area contributed by atoms with E-state index in [1.807, 2.05) is 0 Å². The van der Waals surface area contributed by atoms with Crippen LogP contribution in [0, 0.1) is 0 Å². The second-order valence-electron chi connectivity index (χ2n) is 3.35. The Morgan fingerprint density at radius 3 is 2.69 bits per heavy atom. The van der Waals surface area contributed by atoms with Crippen LogP contribution in [0.2, 0.25) is 0 Å². The minimum absolute atomic E-state index is 0.381. The van der Waals surface area contributed by atoms with Crippen LogP contribution in [0.15, 0.2) is 18.2 Å². The first-order valence-electron chi connectivity index (χ1n) is 4.62. The van der Waals surface area contributed by atoms with Crippen molar-refractivity contribution in [3.8, 4) is 0 Å². The number of hydrogen-bond acceptors (Lipinski definition) is 1.